The number of rotatable bonds is 6. The Morgan fingerprint density at radius 3 is 2.29 bits per heavy atom. The molecule has 0 amide bonds. The van der Waals surface area contributed by atoms with Crippen LogP contribution in [-0.4, -0.2) is 30.9 Å². The van der Waals surface area contributed by atoms with E-state index in [2.05, 4.69) is 15.1 Å². The Morgan fingerprint density at radius 2 is 1.62 bits per heavy atom. The first kappa shape index (κ1) is 22.1. The van der Waals surface area contributed by atoms with Crippen LogP contribution in [0.5, 0.6) is 0 Å². The lowest BCUT2D eigenvalue weighted by Gasteiger charge is -2.20. The highest BCUT2D eigenvalue weighted by atomic mass is 19.1. The summed E-state index contributed by atoms with van der Waals surface area (Å²) in [4.78, 5) is 35.1. The van der Waals surface area contributed by atoms with E-state index in [0.29, 0.717) is 17.9 Å². The standard InChI is InChI=1S/C25H25FN6O2/c26-19-11-9-18(10-12-19)22-28-21-23(32(30-22)20-3-1-2-4-20)29-25(34)31(24(21)33)15-17-7-5-16(6-8-17)13-14-27/h5-12,20H,1-4,13-15,27H2. The number of aromatic nitrogens is 5. The molecule has 8 nitrogen and oxygen atoms in total. The summed E-state index contributed by atoms with van der Waals surface area (Å²) in [7, 11) is 0. The number of fused-ring (bicyclic) bond motifs is 1. The van der Waals surface area contributed by atoms with Crippen LogP contribution in [0, 0.1) is 5.82 Å². The van der Waals surface area contributed by atoms with Gasteiger partial charge in [-0.2, -0.15) is 10.1 Å². The molecule has 1 fully saturated rings. The molecule has 0 atom stereocenters. The summed E-state index contributed by atoms with van der Waals surface area (Å²) >= 11 is 0. The van der Waals surface area contributed by atoms with Crippen LogP contribution in [0.1, 0.15) is 42.9 Å². The van der Waals surface area contributed by atoms with Gasteiger partial charge in [-0.1, -0.05) is 37.1 Å². The molecule has 9 heteroatoms. The minimum Gasteiger partial charge on any atom is -0.330 e. The summed E-state index contributed by atoms with van der Waals surface area (Å²) in [6, 6.07) is 13.5. The molecule has 0 saturated heterocycles. The highest BCUT2D eigenvalue weighted by molar-refractivity contribution is 5.59. The van der Waals surface area contributed by atoms with Crippen molar-refractivity contribution in [2.24, 2.45) is 5.73 Å². The van der Waals surface area contributed by atoms with E-state index in [1.807, 2.05) is 24.3 Å². The molecule has 2 aliphatic heterocycles. The number of nitrogens with two attached hydrogens (primary N) is 1. The van der Waals surface area contributed by atoms with E-state index >= 15 is 0 Å². The lowest BCUT2D eigenvalue weighted by molar-refractivity contribution is 0.451. The minimum absolute atomic E-state index is 0.0296. The second-order valence-electron chi connectivity index (χ2n) is 8.64. The average molecular weight is 461 g/mol. The van der Waals surface area contributed by atoms with Crippen LogP contribution in [0.3, 0.4) is 0 Å². The van der Waals surface area contributed by atoms with Crippen LogP contribution in [0.4, 0.5) is 4.39 Å². The molecule has 1 saturated carbocycles. The number of halogens is 1. The van der Waals surface area contributed by atoms with E-state index in [4.69, 9.17) is 5.73 Å². The van der Waals surface area contributed by atoms with Gasteiger partial charge in [-0.05, 0) is 61.2 Å². The second kappa shape index (κ2) is 9.26. The molecular formula is C25H25FN6O2. The third-order valence-corrected chi connectivity index (χ3v) is 6.30. The lowest BCUT2D eigenvalue weighted by atomic mass is 10.1. The molecule has 1 aliphatic carbocycles. The summed E-state index contributed by atoms with van der Waals surface area (Å²) < 4.78 is 16.2. The Bertz CT molecular complexity index is 1390. The largest absolute Gasteiger partial charge is 0.352 e. The van der Waals surface area contributed by atoms with Gasteiger partial charge >= 0.3 is 5.69 Å². The quantitative estimate of drug-likeness (QED) is 0.474. The van der Waals surface area contributed by atoms with Crippen LogP contribution in [-0.2, 0) is 13.0 Å². The maximum atomic E-state index is 13.5. The van der Waals surface area contributed by atoms with Crippen molar-refractivity contribution in [2.45, 2.75) is 44.7 Å². The van der Waals surface area contributed by atoms with Crippen molar-refractivity contribution in [3.8, 4) is 22.9 Å². The number of hydrogen-bond acceptors (Lipinski definition) is 6. The van der Waals surface area contributed by atoms with E-state index in [0.717, 1.165) is 47.8 Å². The van der Waals surface area contributed by atoms with E-state index in [-0.39, 0.29) is 29.9 Å². The van der Waals surface area contributed by atoms with Gasteiger partial charge in [0, 0.05) is 5.56 Å². The summed E-state index contributed by atoms with van der Waals surface area (Å²) in [5.74, 6) is 0.127. The minimum atomic E-state index is -0.631. The molecule has 2 heterocycles. The van der Waals surface area contributed by atoms with E-state index in [1.165, 1.54) is 12.1 Å². The Morgan fingerprint density at radius 1 is 0.941 bits per heavy atom. The van der Waals surface area contributed by atoms with Gasteiger partial charge < -0.3 is 5.73 Å². The average Bonchev–Trinajstić information content (AvgIpc) is 3.38. The molecule has 2 aromatic carbocycles. The molecule has 5 rings (SSSR count). The SMILES string of the molecule is NCCc1ccc(Cn2c(=O)nc3n(C4CCCC4)nc(-c4ccc(F)cc4)nc-3c2=O)cc1. The molecule has 2 N–H and O–H groups in total. The van der Waals surface area contributed by atoms with Gasteiger partial charge in [-0.15, -0.1) is 0 Å². The molecule has 2 aromatic rings. The first-order valence-corrected chi connectivity index (χ1v) is 11.5. The van der Waals surface area contributed by atoms with Crippen LogP contribution in [0.25, 0.3) is 22.9 Å². The fourth-order valence-corrected chi connectivity index (χ4v) is 4.47. The van der Waals surface area contributed by atoms with Crippen molar-refractivity contribution in [3.63, 3.8) is 0 Å². The Labute approximate surface area is 195 Å². The maximum Gasteiger partial charge on any atom is 0.352 e. The summed E-state index contributed by atoms with van der Waals surface area (Å²) in [6.07, 6.45) is 4.60. The zero-order chi connectivity index (χ0) is 23.7. The molecule has 0 unspecified atom stereocenters. The van der Waals surface area contributed by atoms with Crippen molar-refractivity contribution in [2.75, 3.05) is 6.54 Å². The zero-order valence-corrected chi connectivity index (χ0v) is 18.7. The lowest BCUT2D eigenvalue weighted by Crippen LogP contribution is -2.39. The van der Waals surface area contributed by atoms with Crippen molar-refractivity contribution < 1.29 is 4.39 Å². The van der Waals surface area contributed by atoms with Gasteiger partial charge in [0.25, 0.3) is 5.56 Å². The zero-order valence-electron chi connectivity index (χ0n) is 18.7. The van der Waals surface area contributed by atoms with E-state index in [1.54, 1.807) is 16.8 Å². The van der Waals surface area contributed by atoms with Crippen LogP contribution in [0.2, 0.25) is 0 Å². The molecular weight excluding hydrogens is 435 g/mol. The van der Waals surface area contributed by atoms with Crippen LogP contribution < -0.4 is 17.0 Å². The van der Waals surface area contributed by atoms with E-state index in [9.17, 15) is 14.0 Å². The first-order chi connectivity index (χ1) is 16.5. The summed E-state index contributed by atoms with van der Waals surface area (Å²) in [5, 5.41) is 4.63. The summed E-state index contributed by atoms with van der Waals surface area (Å²) in [5.41, 5.74) is 7.02. The predicted octanol–water partition coefficient (Wildman–Crippen LogP) is 2.77. The third-order valence-electron chi connectivity index (χ3n) is 6.30. The van der Waals surface area contributed by atoms with Gasteiger partial charge in [0.05, 0.1) is 12.6 Å². The van der Waals surface area contributed by atoms with Crippen molar-refractivity contribution in [3.05, 3.63) is 86.3 Å². The first-order valence-electron chi connectivity index (χ1n) is 11.5. The highest BCUT2D eigenvalue weighted by Crippen LogP contribution is 2.32. The smallest absolute Gasteiger partial charge is 0.330 e. The van der Waals surface area contributed by atoms with Crippen LogP contribution in [0.15, 0.2) is 58.1 Å². The Kier molecular flexibility index (Phi) is 6.02. The van der Waals surface area contributed by atoms with Gasteiger partial charge in [0.2, 0.25) is 0 Å². The third kappa shape index (κ3) is 4.26. The molecule has 174 valence electrons. The van der Waals surface area contributed by atoms with Gasteiger partial charge in [0.1, 0.15) is 5.82 Å². The van der Waals surface area contributed by atoms with Gasteiger partial charge in [-0.25, -0.2) is 18.9 Å². The Balaban J connectivity index is 1.64. The second-order valence-corrected chi connectivity index (χ2v) is 8.64. The van der Waals surface area contributed by atoms with Crippen molar-refractivity contribution >= 4 is 0 Å². The van der Waals surface area contributed by atoms with Crippen LogP contribution >= 0.6 is 0 Å². The predicted molar refractivity (Wildman–Crippen MR) is 126 cm³/mol. The van der Waals surface area contributed by atoms with Gasteiger partial charge in [-0.3, -0.25) is 9.36 Å². The molecule has 0 spiro atoms. The summed E-state index contributed by atoms with van der Waals surface area (Å²) in [6.45, 7) is 0.637. The highest BCUT2D eigenvalue weighted by Gasteiger charge is 2.27. The fourth-order valence-electron chi connectivity index (χ4n) is 4.47. The van der Waals surface area contributed by atoms with Crippen molar-refractivity contribution in [1.82, 2.24) is 24.3 Å². The molecule has 0 aromatic heterocycles. The maximum absolute atomic E-state index is 13.5. The topological polar surface area (TPSA) is 109 Å². The normalized spacial score (nSPS) is 14.2. The Hall–Kier alpha value is -3.72. The number of hydrogen-bond donors (Lipinski definition) is 1. The number of nitrogens with zero attached hydrogens (tertiary/aromatic N) is 5. The van der Waals surface area contributed by atoms with Gasteiger partial charge in [0.15, 0.2) is 17.3 Å². The monoisotopic (exact) mass is 460 g/mol. The number of benzene rings is 2. The molecule has 0 radical (unpaired) electrons. The van der Waals surface area contributed by atoms with E-state index < -0.39 is 11.2 Å². The molecule has 34 heavy (non-hydrogen) atoms. The molecule has 0 bridgehead atoms. The molecule has 3 aliphatic rings. The van der Waals surface area contributed by atoms with Crippen molar-refractivity contribution in [1.29, 1.82) is 0 Å². The fraction of sp³-hybridized carbons (Fsp3) is 0.320.